The Labute approximate surface area is 153 Å². The van der Waals surface area contributed by atoms with Gasteiger partial charge in [0.15, 0.2) is 0 Å². The average Bonchev–Trinajstić information content (AvgIpc) is 3.29. The van der Waals surface area contributed by atoms with E-state index in [0.717, 1.165) is 22.4 Å². The fraction of sp³-hybridized carbons (Fsp3) is 0.529. The number of ether oxygens (including phenoxy) is 1. The average molecular weight is 447 g/mol. The van der Waals surface area contributed by atoms with E-state index >= 15 is 0 Å². The summed E-state index contributed by atoms with van der Waals surface area (Å²) in [4.78, 5) is 3.78. The van der Waals surface area contributed by atoms with Crippen LogP contribution in [0.2, 0.25) is 0 Å². The summed E-state index contributed by atoms with van der Waals surface area (Å²) in [6.45, 7) is 1.44. The Bertz CT molecular complexity index is 618. The maximum Gasteiger partial charge on any atom is 0.250 e. The summed E-state index contributed by atoms with van der Waals surface area (Å²) in [6, 6.07) is 7.57. The minimum Gasteiger partial charge on any atom is -0.381 e. The van der Waals surface area contributed by atoms with Crippen molar-refractivity contribution < 1.29 is 13.5 Å². The highest BCUT2D eigenvalue weighted by Gasteiger charge is 2.41. The van der Waals surface area contributed by atoms with Crippen molar-refractivity contribution in [2.75, 3.05) is 13.2 Å². The lowest BCUT2D eigenvalue weighted by Gasteiger charge is -2.17. The molecule has 1 aliphatic carbocycles. The monoisotopic (exact) mass is 447 g/mol. The first-order valence-corrected chi connectivity index (χ1v) is 9.18. The first-order chi connectivity index (χ1) is 11.6. The van der Waals surface area contributed by atoms with Gasteiger partial charge in [0, 0.05) is 43.5 Å². The fourth-order valence-corrected chi connectivity index (χ4v) is 3.74. The second kappa shape index (κ2) is 7.86. The number of nitrogens with zero attached hydrogens (tertiary/aromatic N) is 3. The molecule has 130 valence electrons. The molecule has 2 aliphatic rings. The molecule has 2 aromatic rings. The zero-order valence-corrected chi connectivity index (χ0v) is 15.4. The molecule has 2 unspecified atom stereocenters. The van der Waals surface area contributed by atoms with Crippen LogP contribution in [0, 0.1) is 3.70 Å². The Kier molecular flexibility index (Phi) is 5.80. The molecular formula is C17H20F2IN3O. The van der Waals surface area contributed by atoms with Gasteiger partial charge in [-0.3, -0.25) is 9.67 Å². The van der Waals surface area contributed by atoms with Gasteiger partial charge in [0.2, 0.25) is 5.92 Å². The van der Waals surface area contributed by atoms with E-state index in [2.05, 4.69) is 32.7 Å². The zero-order valence-electron chi connectivity index (χ0n) is 13.2. The Balaban J connectivity index is 0.000000238. The maximum absolute atomic E-state index is 13.3. The molecule has 0 radical (unpaired) electrons. The first-order valence-electron chi connectivity index (χ1n) is 8.11. The molecule has 1 saturated carbocycles. The van der Waals surface area contributed by atoms with Gasteiger partial charge in [0.05, 0.1) is 12.6 Å². The van der Waals surface area contributed by atoms with Crippen molar-refractivity contribution in [1.82, 2.24) is 14.8 Å². The molecule has 0 N–H and O–H groups in total. The third-order valence-corrected chi connectivity index (χ3v) is 4.90. The fourth-order valence-electron chi connectivity index (χ4n) is 3.19. The summed E-state index contributed by atoms with van der Waals surface area (Å²) >= 11 is 2.15. The number of halogens is 3. The normalized spacial score (nSPS) is 25.3. The van der Waals surface area contributed by atoms with Gasteiger partial charge < -0.3 is 4.74 Å². The quantitative estimate of drug-likeness (QED) is 0.640. The molecule has 4 rings (SSSR count). The van der Waals surface area contributed by atoms with E-state index in [9.17, 15) is 8.78 Å². The summed E-state index contributed by atoms with van der Waals surface area (Å²) in [6.07, 6.45) is 4.89. The molecule has 2 atom stereocenters. The van der Waals surface area contributed by atoms with Crippen LogP contribution in [-0.2, 0) is 4.74 Å². The third kappa shape index (κ3) is 4.50. The van der Waals surface area contributed by atoms with E-state index in [1.807, 2.05) is 28.9 Å². The number of pyridine rings is 1. The Morgan fingerprint density at radius 3 is 2.50 bits per heavy atom. The summed E-state index contributed by atoms with van der Waals surface area (Å²) in [5.74, 6) is -2.21. The summed E-state index contributed by atoms with van der Waals surface area (Å²) in [5.41, 5.74) is 1.07. The van der Waals surface area contributed by atoms with Crippen LogP contribution in [-0.4, -0.2) is 33.9 Å². The topological polar surface area (TPSA) is 39.9 Å². The lowest BCUT2D eigenvalue weighted by Crippen LogP contribution is -2.16. The molecule has 2 fully saturated rings. The highest BCUT2D eigenvalue weighted by Crippen LogP contribution is 2.43. The number of aromatic nitrogens is 3. The molecule has 0 bridgehead atoms. The predicted molar refractivity (Wildman–Crippen MR) is 95.2 cm³/mol. The third-order valence-electron chi connectivity index (χ3n) is 4.37. The van der Waals surface area contributed by atoms with Gasteiger partial charge >= 0.3 is 0 Å². The van der Waals surface area contributed by atoms with Crippen molar-refractivity contribution in [2.24, 2.45) is 0 Å². The van der Waals surface area contributed by atoms with Crippen LogP contribution < -0.4 is 0 Å². The van der Waals surface area contributed by atoms with Crippen LogP contribution >= 0.6 is 22.6 Å². The Morgan fingerprint density at radius 2 is 2.00 bits per heavy atom. The van der Waals surface area contributed by atoms with E-state index in [0.29, 0.717) is 18.9 Å². The van der Waals surface area contributed by atoms with Crippen molar-refractivity contribution in [2.45, 2.75) is 43.6 Å². The number of rotatable bonds is 2. The molecule has 0 aromatic carbocycles. The van der Waals surface area contributed by atoms with Gasteiger partial charge in [-0.2, -0.15) is 5.10 Å². The highest BCUT2D eigenvalue weighted by molar-refractivity contribution is 14.1. The van der Waals surface area contributed by atoms with Crippen LogP contribution in [0.3, 0.4) is 0 Å². The molecule has 1 aliphatic heterocycles. The van der Waals surface area contributed by atoms with Crippen LogP contribution in [0.25, 0.3) is 0 Å². The predicted octanol–water partition coefficient (Wildman–Crippen LogP) is 4.43. The van der Waals surface area contributed by atoms with Crippen LogP contribution in [0.15, 0.2) is 36.7 Å². The smallest absolute Gasteiger partial charge is 0.250 e. The molecule has 2 aromatic heterocycles. The number of alkyl halides is 2. The van der Waals surface area contributed by atoms with E-state index in [1.54, 1.807) is 12.4 Å². The SMILES string of the molecule is FC1(F)CCC(n2nc(I)cc2C2CCOC2)C1.c1ccncc1. The second-order valence-electron chi connectivity index (χ2n) is 6.17. The van der Waals surface area contributed by atoms with Gasteiger partial charge in [0.25, 0.3) is 0 Å². The highest BCUT2D eigenvalue weighted by atomic mass is 127. The van der Waals surface area contributed by atoms with Gasteiger partial charge in [-0.05, 0) is 53.6 Å². The summed E-state index contributed by atoms with van der Waals surface area (Å²) < 4.78 is 34.8. The molecule has 0 amide bonds. The first kappa shape index (κ1) is 17.7. The lowest BCUT2D eigenvalue weighted by atomic mass is 10.0. The van der Waals surface area contributed by atoms with E-state index < -0.39 is 5.92 Å². The van der Waals surface area contributed by atoms with Gasteiger partial charge in [-0.15, -0.1) is 0 Å². The van der Waals surface area contributed by atoms with Crippen LogP contribution in [0.1, 0.15) is 43.3 Å². The largest absolute Gasteiger partial charge is 0.381 e. The summed E-state index contributed by atoms with van der Waals surface area (Å²) in [5, 5.41) is 4.42. The standard InChI is InChI=1S/C12H15F2IN2O.C5H5N/c13-12(14)3-1-9(6-12)17-10(5-11(15)16-17)8-2-4-18-7-8;1-2-4-6-5-3-1/h5,8-9H,1-4,6-7H2;1-5H. The van der Waals surface area contributed by atoms with Crippen molar-refractivity contribution in [3.05, 3.63) is 46.1 Å². The van der Waals surface area contributed by atoms with Crippen molar-refractivity contribution >= 4 is 22.6 Å². The van der Waals surface area contributed by atoms with Crippen molar-refractivity contribution in [3.8, 4) is 0 Å². The number of hydrogen-bond donors (Lipinski definition) is 0. The zero-order chi connectivity index (χ0) is 17.0. The van der Waals surface area contributed by atoms with E-state index in [1.165, 1.54) is 0 Å². The Hall–Kier alpha value is -1.09. The molecule has 7 heteroatoms. The minimum atomic E-state index is -2.52. The van der Waals surface area contributed by atoms with E-state index in [4.69, 9.17) is 4.74 Å². The minimum absolute atomic E-state index is 0.0191. The second-order valence-corrected chi connectivity index (χ2v) is 7.28. The molecule has 3 heterocycles. The Morgan fingerprint density at radius 1 is 1.21 bits per heavy atom. The number of hydrogen-bond acceptors (Lipinski definition) is 3. The van der Waals surface area contributed by atoms with Crippen LogP contribution in [0.5, 0.6) is 0 Å². The molecule has 0 spiro atoms. The van der Waals surface area contributed by atoms with Crippen LogP contribution in [0.4, 0.5) is 8.78 Å². The molecule has 1 saturated heterocycles. The van der Waals surface area contributed by atoms with Gasteiger partial charge in [-0.1, -0.05) is 6.07 Å². The van der Waals surface area contributed by atoms with Crippen molar-refractivity contribution in [3.63, 3.8) is 0 Å². The van der Waals surface area contributed by atoms with E-state index in [-0.39, 0.29) is 18.9 Å². The summed E-state index contributed by atoms with van der Waals surface area (Å²) in [7, 11) is 0. The molecular weight excluding hydrogens is 427 g/mol. The van der Waals surface area contributed by atoms with Gasteiger partial charge in [0.1, 0.15) is 3.70 Å². The van der Waals surface area contributed by atoms with Gasteiger partial charge in [-0.25, -0.2) is 8.78 Å². The van der Waals surface area contributed by atoms with Crippen molar-refractivity contribution in [1.29, 1.82) is 0 Å². The molecule has 4 nitrogen and oxygen atoms in total. The maximum atomic E-state index is 13.3. The molecule has 24 heavy (non-hydrogen) atoms. The lowest BCUT2D eigenvalue weighted by molar-refractivity contribution is 0.00503.